The Labute approximate surface area is 110 Å². The molecule has 2 nitrogen and oxygen atoms in total. The van der Waals surface area contributed by atoms with E-state index in [-0.39, 0.29) is 0 Å². The average Bonchev–Trinajstić information content (AvgIpc) is 2.52. The first-order chi connectivity index (χ1) is 7.75. The molecule has 0 aromatic heterocycles. The van der Waals surface area contributed by atoms with Gasteiger partial charge in [-0.25, -0.2) is 0 Å². The number of nitrogens with zero attached hydrogens (tertiary/aromatic N) is 1. The van der Waals surface area contributed by atoms with Crippen molar-refractivity contribution in [1.82, 2.24) is 10.2 Å². The maximum atomic E-state index is 5.98. The third kappa shape index (κ3) is 3.45. The minimum atomic E-state index is 0.779. The van der Waals surface area contributed by atoms with Gasteiger partial charge in [-0.15, -0.1) is 0 Å². The monoisotopic (exact) mass is 302 g/mol. The fraction of sp³-hybridized carbons (Fsp3) is 0.500. The van der Waals surface area contributed by atoms with Crippen molar-refractivity contribution in [3.05, 3.63) is 33.3 Å². The van der Waals surface area contributed by atoms with Gasteiger partial charge in [-0.3, -0.25) is 4.90 Å². The Kier molecular flexibility index (Phi) is 4.65. The summed E-state index contributed by atoms with van der Waals surface area (Å²) in [6.07, 6.45) is 1.23. The molecule has 0 amide bonds. The van der Waals surface area contributed by atoms with Crippen LogP contribution in [0.2, 0.25) is 5.02 Å². The van der Waals surface area contributed by atoms with E-state index in [4.69, 9.17) is 11.6 Å². The van der Waals surface area contributed by atoms with Crippen molar-refractivity contribution in [1.29, 1.82) is 0 Å². The molecule has 1 aromatic carbocycles. The van der Waals surface area contributed by atoms with Gasteiger partial charge in [0.15, 0.2) is 0 Å². The van der Waals surface area contributed by atoms with Crippen LogP contribution >= 0.6 is 27.5 Å². The SMILES string of the molecule is Clc1ccc(CN2CCCNCC2)cc1Br. The van der Waals surface area contributed by atoms with Crippen molar-refractivity contribution in [2.75, 3.05) is 26.2 Å². The van der Waals surface area contributed by atoms with Gasteiger partial charge in [-0.2, -0.15) is 0 Å². The minimum Gasteiger partial charge on any atom is -0.315 e. The lowest BCUT2D eigenvalue weighted by molar-refractivity contribution is 0.284. The maximum Gasteiger partial charge on any atom is 0.0548 e. The number of rotatable bonds is 2. The molecule has 16 heavy (non-hydrogen) atoms. The van der Waals surface area contributed by atoms with Crippen LogP contribution in [0.15, 0.2) is 22.7 Å². The second kappa shape index (κ2) is 6.01. The first kappa shape index (κ1) is 12.4. The van der Waals surface area contributed by atoms with Gasteiger partial charge in [0.1, 0.15) is 0 Å². The lowest BCUT2D eigenvalue weighted by Gasteiger charge is -2.19. The summed E-state index contributed by atoms with van der Waals surface area (Å²) in [5.74, 6) is 0. The summed E-state index contributed by atoms with van der Waals surface area (Å²) in [5.41, 5.74) is 1.32. The van der Waals surface area contributed by atoms with Crippen LogP contribution in [-0.2, 0) is 6.54 Å². The molecule has 0 aliphatic carbocycles. The molecule has 1 aromatic rings. The van der Waals surface area contributed by atoms with Crippen molar-refractivity contribution in [2.45, 2.75) is 13.0 Å². The molecule has 0 unspecified atom stereocenters. The predicted octanol–water partition coefficient (Wildman–Crippen LogP) is 2.90. The molecular formula is C12H16BrClN2. The molecule has 1 aliphatic rings. The standard InChI is InChI=1S/C12H16BrClN2/c13-11-8-10(2-3-12(11)14)9-16-6-1-4-15-5-7-16/h2-3,8,15H,1,4-7,9H2. The fourth-order valence-electron chi connectivity index (χ4n) is 1.96. The zero-order valence-electron chi connectivity index (χ0n) is 9.18. The van der Waals surface area contributed by atoms with Gasteiger partial charge < -0.3 is 5.32 Å². The van der Waals surface area contributed by atoms with Crippen LogP contribution in [0.4, 0.5) is 0 Å². The molecule has 1 N–H and O–H groups in total. The molecule has 0 bridgehead atoms. The van der Waals surface area contributed by atoms with Crippen LogP contribution in [0.5, 0.6) is 0 Å². The zero-order chi connectivity index (χ0) is 11.4. The zero-order valence-corrected chi connectivity index (χ0v) is 11.5. The van der Waals surface area contributed by atoms with Gasteiger partial charge in [0.05, 0.1) is 5.02 Å². The van der Waals surface area contributed by atoms with Gasteiger partial charge in [-0.05, 0) is 53.1 Å². The van der Waals surface area contributed by atoms with Crippen LogP contribution in [0.3, 0.4) is 0 Å². The van der Waals surface area contributed by atoms with Crippen molar-refractivity contribution >= 4 is 27.5 Å². The Hall–Kier alpha value is -0.0900. The molecule has 0 spiro atoms. The first-order valence-corrected chi connectivity index (χ1v) is 6.80. The number of hydrogen-bond acceptors (Lipinski definition) is 2. The van der Waals surface area contributed by atoms with E-state index in [1.54, 1.807) is 0 Å². The number of hydrogen-bond donors (Lipinski definition) is 1. The number of nitrogens with one attached hydrogen (secondary N) is 1. The Morgan fingerprint density at radius 3 is 3.00 bits per heavy atom. The highest BCUT2D eigenvalue weighted by atomic mass is 79.9. The molecule has 1 aliphatic heterocycles. The molecule has 1 fully saturated rings. The lowest BCUT2D eigenvalue weighted by Crippen LogP contribution is -2.27. The van der Waals surface area contributed by atoms with Crippen LogP contribution < -0.4 is 5.32 Å². The lowest BCUT2D eigenvalue weighted by atomic mass is 10.2. The highest BCUT2D eigenvalue weighted by Gasteiger charge is 2.09. The Bertz CT molecular complexity index is 349. The van der Waals surface area contributed by atoms with Gasteiger partial charge in [0, 0.05) is 24.1 Å². The summed E-state index contributed by atoms with van der Waals surface area (Å²) < 4.78 is 0.986. The topological polar surface area (TPSA) is 15.3 Å². The summed E-state index contributed by atoms with van der Waals surface area (Å²) in [7, 11) is 0. The predicted molar refractivity (Wildman–Crippen MR) is 71.9 cm³/mol. The number of benzene rings is 1. The number of halogens is 2. The Morgan fingerprint density at radius 1 is 1.31 bits per heavy atom. The quantitative estimate of drug-likeness (QED) is 0.904. The highest BCUT2D eigenvalue weighted by Crippen LogP contribution is 2.23. The molecule has 0 atom stereocenters. The van der Waals surface area contributed by atoms with E-state index >= 15 is 0 Å². The average molecular weight is 304 g/mol. The van der Waals surface area contributed by atoms with E-state index in [0.717, 1.165) is 35.7 Å². The molecule has 4 heteroatoms. The summed E-state index contributed by atoms with van der Waals surface area (Å²) in [4.78, 5) is 2.48. The van der Waals surface area contributed by atoms with E-state index < -0.39 is 0 Å². The van der Waals surface area contributed by atoms with Gasteiger partial charge in [-0.1, -0.05) is 17.7 Å². The summed E-state index contributed by atoms with van der Waals surface area (Å²) >= 11 is 9.44. The van der Waals surface area contributed by atoms with E-state index in [1.165, 1.54) is 18.5 Å². The summed E-state index contributed by atoms with van der Waals surface area (Å²) in [6.45, 7) is 5.54. The van der Waals surface area contributed by atoms with Gasteiger partial charge in [0.2, 0.25) is 0 Å². The normalized spacial score (nSPS) is 18.4. The van der Waals surface area contributed by atoms with E-state index in [1.807, 2.05) is 6.07 Å². The van der Waals surface area contributed by atoms with Crippen molar-refractivity contribution in [3.63, 3.8) is 0 Å². The summed E-state index contributed by atoms with van der Waals surface area (Å²) in [5, 5.41) is 4.19. The molecule has 1 saturated heterocycles. The van der Waals surface area contributed by atoms with Crippen molar-refractivity contribution in [3.8, 4) is 0 Å². The largest absolute Gasteiger partial charge is 0.315 e. The molecule has 88 valence electrons. The van der Waals surface area contributed by atoms with Crippen LogP contribution in [0.1, 0.15) is 12.0 Å². The van der Waals surface area contributed by atoms with Crippen molar-refractivity contribution in [2.24, 2.45) is 0 Å². The fourth-order valence-corrected chi connectivity index (χ4v) is 2.50. The van der Waals surface area contributed by atoms with E-state index in [0.29, 0.717) is 0 Å². The molecular weight excluding hydrogens is 288 g/mol. The molecule has 2 rings (SSSR count). The van der Waals surface area contributed by atoms with Gasteiger partial charge in [0.25, 0.3) is 0 Å². The smallest absolute Gasteiger partial charge is 0.0548 e. The van der Waals surface area contributed by atoms with Gasteiger partial charge >= 0.3 is 0 Å². The highest BCUT2D eigenvalue weighted by molar-refractivity contribution is 9.10. The van der Waals surface area contributed by atoms with Crippen molar-refractivity contribution < 1.29 is 0 Å². The third-order valence-corrected chi connectivity index (χ3v) is 4.04. The van der Waals surface area contributed by atoms with Crippen LogP contribution in [0.25, 0.3) is 0 Å². The van der Waals surface area contributed by atoms with Crippen LogP contribution in [0, 0.1) is 0 Å². The first-order valence-electron chi connectivity index (χ1n) is 5.63. The van der Waals surface area contributed by atoms with E-state index in [2.05, 4.69) is 38.3 Å². The third-order valence-electron chi connectivity index (χ3n) is 2.82. The second-order valence-electron chi connectivity index (χ2n) is 4.13. The van der Waals surface area contributed by atoms with E-state index in [9.17, 15) is 0 Å². The van der Waals surface area contributed by atoms with Crippen LogP contribution in [-0.4, -0.2) is 31.1 Å². The minimum absolute atomic E-state index is 0.779. The Balaban J connectivity index is 1.99. The molecule has 1 heterocycles. The molecule has 0 radical (unpaired) electrons. The maximum absolute atomic E-state index is 5.98. The summed E-state index contributed by atoms with van der Waals surface area (Å²) in [6, 6.07) is 6.17. The second-order valence-corrected chi connectivity index (χ2v) is 5.39. The Morgan fingerprint density at radius 2 is 2.19 bits per heavy atom. The molecule has 0 saturated carbocycles.